The largest absolute Gasteiger partial charge is 0.349 e. The minimum Gasteiger partial charge on any atom is -0.349 e. The number of hydrogen-bond donors (Lipinski definition) is 1. The van der Waals surface area contributed by atoms with E-state index in [4.69, 9.17) is 0 Å². The van der Waals surface area contributed by atoms with Gasteiger partial charge in [0.05, 0.1) is 18.1 Å². The van der Waals surface area contributed by atoms with Crippen molar-refractivity contribution in [3.63, 3.8) is 0 Å². The molecule has 0 fully saturated rings. The van der Waals surface area contributed by atoms with E-state index in [0.29, 0.717) is 30.8 Å². The number of hydrogen-bond acceptors (Lipinski definition) is 5. The maximum Gasteiger partial charge on any atom is 0.276 e. The molecule has 10 heteroatoms. The number of aryl methyl sites for hydroxylation is 1. The smallest absolute Gasteiger partial charge is 0.276 e. The maximum atomic E-state index is 14.3. The average Bonchev–Trinajstić information content (AvgIpc) is 3.06. The number of halogens is 3. The molecule has 0 saturated carbocycles. The molecule has 166 valence electrons. The molecule has 0 atom stereocenters. The Morgan fingerprint density at radius 1 is 1.12 bits per heavy atom. The van der Waals surface area contributed by atoms with Gasteiger partial charge < -0.3 is 10.2 Å². The van der Waals surface area contributed by atoms with Crippen LogP contribution >= 0.6 is 0 Å². The van der Waals surface area contributed by atoms with E-state index >= 15 is 0 Å². The molecule has 0 bridgehead atoms. The fraction of sp³-hybridized carbons (Fsp3) is 0.273. The predicted octanol–water partition coefficient (Wildman–Crippen LogP) is 3.87. The second-order valence-corrected chi connectivity index (χ2v) is 7.62. The van der Waals surface area contributed by atoms with Crippen molar-refractivity contribution in [3.05, 3.63) is 70.7 Å². The van der Waals surface area contributed by atoms with Crippen LogP contribution in [0.1, 0.15) is 35.1 Å². The van der Waals surface area contributed by atoms with Crippen LogP contribution < -0.4 is 10.2 Å². The summed E-state index contributed by atoms with van der Waals surface area (Å²) >= 11 is 0. The summed E-state index contributed by atoms with van der Waals surface area (Å²) in [5.41, 5.74) is 2.69. The Kier molecular flexibility index (Phi) is 5.68. The number of carbonyl (C=O) groups is 1. The molecule has 4 heterocycles. The van der Waals surface area contributed by atoms with Crippen LogP contribution in [-0.2, 0) is 7.05 Å². The molecule has 7 nitrogen and oxygen atoms in total. The van der Waals surface area contributed by atoms with E-state index in [1.54, 1.807) is 24.9 Å². The van der Waals surface area contributed by atoms with Crippen molar-refractivity contribution in [2.45, 2.75) is 20.3 Å². The van der Waals surface area contributed by atoms with Crippen molar-refractivity contribution in [3.8, 4) is 0 Å². The molecule has 4 rings (SSSR count). The summed E-state index contributed by atoms with van der Waals surface area (Å²) in [6, 6.07) is 2.90. The molecule has 1 aliphatic rings. The maximum absolute atomic E-state index is 14.3. The van der Waals surface area contributed by atoms with E-state index in [0.717, 1.165) is 23.5 Å². The van der Waals surface area contributed by atoms with Gasteiger partial charge >= 0.3 is 0 Å². The zero-order valence-corrected chi connectivity index (χ0v) is 17.8. The normalized spacial score (nSPS) is 14.1. The topological polar surface area (TPSA) is 75.9 Å². The van der Waals surface area contributed by atoms with Gasteiger partial charge in [-0.15, -0.1) is 0 Å². The third-order valence-corrected chi connectivity index (χ3v) is 5.54. The number of aromatic nitrogens is 4. The Morgan fingerprint density at radius 3 is 2.53 bits per heavy atom. The van der Waals surface area contributed by atoms with Crippen molar-refractivity contribution in [1.29, 1.82) is 0 Å². The van der Waals surface area contributed by atoms with Gasteiger partial charge in [0, 0.05) is 31.9 Å². The number of anilines is 2. The van der Waals surface area contributed by atoms with Crippen LogP contribution in [0.2, 0.25) is 0 Å². The first kappa shape index (κ1) is 21.5. The van der Waals surface area contributed by atoms with E-state index in [1.165, 1.54) is 12.1 Å². The first-order valence-electron chi connectivity index (χ1n) is 9.96. The van der Waals surface area contributed by atoms with E-state index in [2.05, 4.69) is 20.4 Å². The predicted molar refractivity (Wildman–Crippen MR) is 114 cm³/mol. The molecule has 3 aromatic heterocycles. The van der Waals surface area contributed by atoms with Gasteiger partial charge in [-0.3, -0.25) is 14.5 Å². The summed E-state index contributed by atoms with van der Waals surface area (Å²) in [5, 5.41) is 6.53. The van der Waals surface area contributed by atoms with Gasteiger partial charge in [0.2, 0.25) is 0 Å². The zero-order chi connectivity index (χ0) is 23.0. The Bertz CT molecular complexity index is 1220. The Hall–Kier alpha value is -3.69. The molecule has 32 heavy (non-hydrogen) atoms. The van der Waals surface area contributed by atoms with Crippen molar-refractivity contribution in [2.24, 2.45) is 7.05 Å². The van der Waals surface area contributed by atoms with Gasteiger partial charge in [-0.2, -0.15) is 5.10 Å². The lowest BCUT2D eigenvalue weighted by Crippen LogP contribution is -2.32. The first-order chi connectivity index (χ1) is 15.3. The summed E-state index contributed by atoms with van der Waals surface area (Å²) in [6.45, 7) is 4.69. The van der Waals surface area contributed by atoms with Gasteiger partial charge in [-0.25, -0.2) is 18.2 Å². The highest BCUT2D eigenvalue weighted by Gasteiger charge is 2.27. The summed E-state index contributed by atoms with van der Waals surface area (Å²) in [7, 11) is 1.69. The third-order valence-electron chi connectivity index (χ3n) is 5.54. The molecule has 0 aliphatic carbocycles. The van der Waals surface area contributed by atoms with E-state index in [1.807, 2.05) is 11.8 Å². The van der Waals surface area contributed by atoms with E-state index in [-0.39, 0.29) is 11.5 Å². The first-order valence-corrected chi connectivity index (χ1v) is 9.96. The second-order valence-electron chi connectivity index (χ2n) is 7.62. The van der Waals surface area contributed by atoms with Crippen molar-refractivity contribution >= 4 is 23.0 Å². The molecule has 1 N–H and O–H groups in total. The summed E-state index contributed by atoms with van der Waals surface area (Å²) in [5.74, 6) is -2.85. The lowest BCUT2D eigenvalue weighted by Gasteiger charge is -2.31. The van der Waals surface area contributed by atoms with Crippen LogP contribution in [0.4, 0.5) is 24.7 Å². The van der Waals surface area contributed by atoms with Crippen molar-refractivity contribution in [1.82, 2.24) is 19.7 Å². The van der Waals surface area contributed by atoms with E-state index in [9.17, 15) is 18.0 Å². The Morgan fingerprint density at radius 2 is 1.84 bits per heavy atom. The molecule has 0 radical (unpaired) electrons. The summed E-state index contributed by atoms with van der Waals surface area (Å²) in [6.07, 6.45) is 3.86. The van der Waals surface area contributed by atoms with Gasteiger partial charge in [0.1, 0.15) is 5.69 Å². The van der Waals surface area contributed by atoms with Crippen LogP contribution in [0.15, 0.2) is 36.3 Å². The lowest BCUT2D eigenvalue weighted by atomic mass is 9.96. The average molecular weight is 442 g/mol. The summed E-state index contributed by atoms with van der Waals surface area (Å²) in [4.78, 5) is 22.2. The number of rotatable bonds is 4. The number of nitrogens with zero attached hydrogens (tertiary/aromatic N) is 5. The zero-order valence-electron chi connectivity index (χ0n) is 17.8. The van der Waals surface area contributed by atoms with Crippen molar-refractivity contribution in [2.75, 3.05) is 23.3 Å². The molecule has 0 spiro atoms. The molecule has 0 aromatic carbocycles. The van der Waals surface area contributed by atoms with Gasteiger partial charge in [0.15, 0.2) is 29.0 Å². The standard InChI is InChI=1S/C22H21F3N6O/c1-12-6-8-31(21-15(23)5-4-7-27-21)11-14(12)20-13(2)18(29-30(20)3)22(32)28-19-16(24)9-26-10-17(19)25/h4-5,7,9-10H,6,8,11H2,1-3H3,(H,26,28,32). The number of carbonyl (C=O) groups excluding carboxylic acids is 1. The molecule has 1 aliphatic heterocycles. The molecule has 1 amide bonds. The quantitative estimate of drug-likeness (QED) is 0.664. The third kappa shape index (κ3) is 3.83. The second kappa shape index (κ2) is 8.45. The van der Waals surface area contributed by atoms with Crippen LogP contribution in [0.5, 0.6) is 0 Å². The fourth-order valence-corrected chi connectivity index (χ4v) is 3.90. The van der Waals surface area contributed by atoms with Crippen LogP contribution in [-0.4, -0.2) is 38.7 Å². The van der Waals surface area contributed by atoms with Crippen LogP contribution in [0.25, 0.3) is 5.57 Å². The number of pyridine rings is 2. The molecule has 0 saturated heterocycles. The van der Waals surface area contributed by atoms with Gasteiger partial charge in [-0.1, -0.05) is 5.57 Å². The van der Waals surface area contributed by atoms with Crippen LogP contribution in [0, 0.1) is 24.4 Å². The Balaban J connectivity index is 1.66. The van der Waals surface area contributed by atoms with Crippen molar-refractivity contribution < 1.29 is 18.0 Å². The van der Waals surface area contributed by atoms with E-state index < -0.39 is 29.0 Å². The SMILES string of the molecule is CC1=C(c2c(C)c(C(=O)Nc3c(F)cncc3F)nn2C)CN(c2ncccc2F)CC1. The molecule has 3 aromatic rings. The summed E-state index contributed by atoms with van der Waals surface area (Å²) < 4.78 is 43.6. The Labute approximate surface area is 182 Å². The molecular formula is C22H21F3N6O. The van der Waals surface area contributed by atoms with Gasteiger partial charge in [-0.05, 0) is 38.0 Å². The lowest BCUT2D eigenvalue weighted by molar-refractivity contribution is 0.102. The highest BCUT2D eigenvalue weighted by Crippen LogP contribution is 2.32. The number of amides is 1. The fourth-order valence-electron chi connectivity index (χ4n) is 3.90. The minimum absolute atomic E-state index is 0.0413. The molecular weight excluding hydrogens is 421 g/mol. The highest BCUT2D eigenvalue weighted by molar-refractivity contribution is 6.04. The van der Waals surface area contributed by atoms with Crippen LogP contribution in [0.3, 0.4) is 0 Å². The molecule has 0 unspecified atom stereocenters. The number of nitrogens with one attached hydrogen (secondary N) is 1. The minimum atomic E-state index is -0.981. The van der Waals surface area contributed by atoms with Gasteiger partial charge in [0.25, 0.3) is 5.91 Å². The monoisotopic (exact) mass is 442 g/mol. The highest BCUT2D eigenvalue weighted by atomic mass is 19.1.